The second-order valence-corrected chi connectivity index (χ2v) is 6.12. The Labute approximate surface area is 139 Å². The smallest absolute Gasteiger partial charge is 0.269 e. The van der Waals surface area contributed by atoms with Gasteiger partial charge in [-0.25, -0.2) is 0 Å². The highest BCUT2D eigenvalue weighted by atomic mass is 16.2. The molecule has 24 heavy (non-hydrogen) atoms. The predicted molar refractivity (Wildman–Crippen MR) is 90.4 cm³/mol. The fraction of sp³-hybridized carbons (Fsp3) is 0.278. The number of nitrogens with one attached hydrogen (secondary N) is 2. The highest BCUT2D eigenvalue weighted by Gasteiger charge is 2.25. The molecule has 0 radical (unpaired) electrons. The van der Waals surface area contributed by atoms with Crippen LogP contribution in [-0.2, 0) is 13.5 Å². The van der Waals surface area contributed by atoms with Gasteiger partial charge in [0.25, 0.3) is 5.91 Å². The van der Waals surface area contributed by atoms with Gasteiger partial charge >= 0.3 is 0 Å². The van der Waals surface area contributed by atoms with Crippen LogP contribution in [0.2, 0.25) is 0 Å². The minimum absolute atomic E-state index is 0.0124. The lowest BCUT2D eigenvalue weighted by molar-refractivity contribution is 0.0927. The maximum absolute atomic E-state index is 12.6. The van der Waals surface area contributed by atoms with Crippen molar-refractivity contribution in [2.24, 2.45) is 7.05 Å². The number of aromatic nitrogens is 4. The average Bonchev–Trinajstić information content (AvgIpc) is 3.24. The molecule has 122 valence electrons. The number of carbonyl (C=O) groups is 1. The Kier molecular flexibility index (Phi) is 3.65. The van der Waals surface area contributed by atoms with E-state index in [9.17, 15) is 4.79 Å². The fourth-order valence-corrected chi connectivity index (χ4v) is 3.29. The number of hydrogen-bond donors (Lipinski definition) is 2. The lowest BCUT2D eigenvalue weighted by atomic mass is 9.93. The zero-order chi connectivity index (χ0) is 16.5. The number of nitrogens with zero attached hydrogens (tertiary/aromatic N) is 3. The van der Waals surface area contributed by atoms with Crippen LogP contribution in [0.3, 0.4) is 0 Å². The van der Waals surface area contributed by atoms with E-state index in [4.69, 9.17) is 0 Å². The maximum atomic E-state index is 12.6. The first-order valence-electron chi connectivity index (χ1n) is 8.15. The second kappa shape index (κ2) is 5.96. The summed E-state index contributed by atoms with van der Waals surface area (Å²) in [5.74, 6) is -0.133. The number of H-pyrrole nitrogens is 1. The Morgan fingerprint density at radius 1 is 1.33 bits per heavy atom. The van der Waals surface area contributed by atoms with E-state index in [0.29, 0.717) is 5.69 Å². The molecule has 2 heterocycles. The van der Waals surface area contributed by atoms with Gasteiger partial charge in [0.1, 0.15) is 5.69 Å². The van der Waals surface area contributed by atoms with Crippen LogP contribution in [0, 0.1) is 0 Å². The number of rotatable bonds is 3. The first kappa shape index (κ1) is 14.7. The Morgan fingerprint density at radius 3 is 3.00 bits per heavy atom. The number of aryl methyl sites for hydroxylation is 1. The number of amides is 1. The molecule has 0 saturated carbocycles. The van der Waals surface area contributed by atoms with Crippen LogP contribution >= 0.6 is 0 Å². The maximum Gasteiger partial charge on any atom is 0.269 e. The molecule has 0 saturated heterocycles. The van der Waals surface area contributed by atoms with Crippen molar-refractivity contribution in [2.75, 3.05) is 0 Å². The molecule has 1 aliphatic rings. The van der Waals surface area contributed by atoms with Gasteiger partial charge < -0.3 is 5.32 Å². The summed E-state index contributed by atoms with van der Waals surface area (Å²) in [6.45, 7) is 0. The van der Waals surface area contributed by atoms with Gasteiger partial charge in [0, 0.05) is 23.9 Å². The third-order valence-electron chi connectivity index (χ3n) is 4.57. The van der Waals surface area contributed by atoms with Crippen LogP contribution in [0.5, 0.6) is 0 Å². The summed E-state index contributed by atoms with van der Waals surface area (Å²) in [5.41, 5.74) is 4.57. The second-order valence-electron chi connectivity index (χ2n) is 6.12. The number of hydrogen-bond acceptors (Lipinski definition) is 3. The summed E-state index contributed by atoms with van der Waals surface area (Å²) in [5, 5.41) is 14.5. The monoisotopic (exact) mass is 321 g/mol. The van der Waals surface area contributed by atoms with E-state index in [1.165, 1.54) is 5.69 Å². The van der Waals surface area contributed by atoms with Gasteiger partial charge in [-0.1, -0.05) is 30.3 Å². The Bertz CT molecular complexity index is 865. The van der Waals surface area contributed by atoms with E-state index in [0.717, 1.165) is 36.1 Å². The van der Waals surface area contributed by atoms with Crippen LogP contribution in [0.1, 0.15) is 40.6 Å². The molecule has 1 aromatic carbocycles. The minimum atomic E-state index is -0.133. The van der Waals surface area contributed by atoms with Gasteiger partial charge in [0.05, 0.1) is 17.9 Å². The average molecular weight is 321 g/mol. The van der Waals surface area contributed by atoms with Crippen LogP contribution < -0.4 is 5.32 Å². The van der Waals surface area contributed by atoms with Gasteiger partial charge in [-0.15, -0.1) is 0 Å². The fourth-order valence-electron chi connectivity index (χ4n) is 3.29. The number of fused-ring (bicyclic) bond motifs is 1. The topological polar surface area (TPSA) is 75.6 Å². The van der Waals surface area contributed by atoms with Crippen molar-refractivity contribution in [1.29, 1.82) is 0 Å². The SMILES string of the molecule is Cn1ncc2c1CCC[C@H]2NC(=O)c1cc(-c2ccccc2)n[nH]1. The normalized spacial score (nSPS) is 16.6. The third kappa shape index (κ3) is 2.60. The van der Waals surface area contributed by atoms with Gasteiger partial charge in [-0.05, 0) is 25.3 Å². The highest BCUT2D eigenvalue weighted by molar-refractivity contribution is 5.93. The molecule has 1 aliphatic carbocycles. The van der Waals surface area contributed by atoms with Crippen LogP contribution in [0.15, 0.2) is 42.6 Å². The molecule has 6 nitrogen and oxygen atoms in total. The number of carbonyl (C=O) groups excluding carboxylic acids is 1. The van der Waals surface area contributed by atoms with E-state index in [1.807, 2.05) is 48.3 Å². The summed E-state index contributed by atoms with van der Waals surface area (Å²) in [4.78, 5) is 12.6. The lowest BCUT2D eigenvalue weighted by Gasteiger charge is -2.23. The summed E-state index contributed by atoms with van der Waals surface area (Å²) in [7, 11) is 1.95. The van der Waals surface area contributed by atoms with Crippen molar-refractivity contribution >= 4 is 5.91 Å². The van der Waals surface area contributed by atoms with Gasteiger partial charge in [0.2, 0.25) is 0 Å². The Balaban J connectivity index is 1.53. The van der Waals surface area contributed by atoms with Crippen LogP contribution in [0.25, 0.3) is 11.3 Å². The number of aromatic amines is 1. The Hall–Kier alpha value is -2.89. The van der Waals surface area contributed by atoms with Crippen molar-refractivity contribution < 1.29 is 4.79 Å². The molecular weight excluding hydrogens is 302 g/mol. The van der Waals surface area contributed by atoms with E-state index in [-0.39, 0.29) is 11.9 Å². The minimum Gasteiger partial charge on any atom is -0.344 e. The zero-order valence-electron chi connectivity index (χ0n) is 13.5. The molecule has 1 atom stereocenters. The first-order valence-corrected chi connectivity index (χ1v) is 8.15. The molecule has 0 unspecified atom stereocenters. The van der Waals surface area contributed by atoms with Gasteiger partial charge in [0.15, 0.2) is 0 Å². The third-order valence-corrected chi connectivity index (χ3v) is 4.57. The van der Waals surface area contributed by atoms with E-state index >= 15 is 0 Å². The van der Waals surface area contributed by atoms with Gasteiger partial charge in [-0.3, -0.25) is 14.6 Å². The first-order chi connectivity index (χ1) is 11.7. The molecule has 0 fully saturated rings. The quantitative estimate of drug-likeness (QED) is 0.778. The molecule has 3 aromatic rings. The van der Waals surface area contributed by atoms with Crippen molar-refractivity contribution in [1.82, 2.24) is 25.3 Å². The Morgan fingerprint density at radius 2 is 2.17 bits per heavy atom. The molecule has 2 N–H and O–H groups in total. The van der Waals surface area contributed by atoms with Crippen molar-refractivity contribution in [3.05, 3.63) is 59.5 Å². The highest BCUT2D eigenvalue weighted by Crippen LogP contribution is 2.29. The van der Waals surface area contributed by atoms with E-state index in [2.05, 4.69) is 20.6 Å². The molecular formula is C18H19N5O. The summed E-state index contributed by atoms with van der Waals surface area (Å²) >= 11 is 0. The van der Waals surface area contributed by atoms with Crippen LogP contribution in [-0.4, -0.2) is 25.9 Å². The molecule has 0 spiro atoms. The molecule has 4 rings (SSSR count). The molecule has 1 amide bonds. The van der Waals surface area contributed by atoms with Crippen molar-refractivity contribution in [3.8, 4) is 11.3 Å². The predicted octanol–water partition coefficient (Wildman–Crippen LogP) is 2.62. The van der Waals surface area contributed by atoms with Crippen LogP contribution in [0.4, 0.5) is 0 Å². The van der Waals surface area contributed by atoms with Crippen molar-refractivity contribution in [3.63, 3.8) is 0 Å². The largest absolute Gasteiger partial charge is 0.344 e. The number of benzene rings is 1. The molecule has 6 heteroatoms. The lowest BCUT2D eigenvalue weighted by Crippen LogP contribution is -2.31. The van der Waals surface area contributed by atoms with E-state index in [1.54, 1.807) is 6.07 Å². The molecule has 0 aliphatic heterocycles. The molecule has 2 aromatic heterocycles. The molecule has 0 bridgehead atoms. The summed E-state index contributed by atoms with van der Waals surface area (Å²) < 4.78 is 1.90. The zero-order valence-corrected chi connectivity index (χ0v) is 13.5. The summed E-state index contributed by atoms with van der Waals surface area (Å²) in [6.07, 6.45) is 4.86. The van der Waals surface area contributed by atoms with E-state index < -0.39 is 0 Å². The standard InChI is InChI=1S/C18H19N5O/c1-23-17-9-5-8-14(13(17)11-19-23)20-18(24)16-10-15(21-22-16)12-6-3-2-4-7-12/h2-4,6-7,10-11,14H,5,8-9H2,1H3,(H,20,24)(H,21,22)/t14-/m1/s1. The van der Waals surface area contributed by atoms with Crippen molar-refractivity contribution in [2.45, 2.75) is 25.3 Å². The van der Waals surface area contributed by atoms with Gasteiger partial charge in [-0.2, -0.15) is 10.2 Å². The summed E-state index contributed by atoms with van der Waals surface area (Å²) in [6, 6.07) is 11.6.